The largest absolute Gasteiger partial charge is 0.493 e. The SMILES string of the molecule is Cc1ccc(OCCCn2c(C3CC(=O)N(C)C3)nc3ccccc32)c(C)c1. The van der Waals surface area contributed by atoms with Crippen molar-refractivity contribution in [2.45, 2.75) is 39.2 Å². The van der Waals surface area contributed by atoms with Crippen LogP contribution in [0, 0.1) is 13.8 Å². The zero-order chi connectivity index (χ0) is 19.7. The Balaban J connectivity index is 1.49. The van der Waals surface area contributed by atoms with Crippen molar-refractivity contribution in [3.63, 3.8) is 0 Å². The molecule has 5 nitrogen and oxygen atoms in total. The van der Waals surface area contributed by atoms with E-state index in [4.69, 9.17) is 9.72 Å². The first-order valence-electron chi connectivity index (χ1n) is 9.92. The third kappa shape index (κ3) is 3.61. The lowest BCUT2D eigenvalue weighted by Crippen LogP contribution is -2.19. The predicted octanol–water partition coefficient (Wildman–Crippen LogP) is 4.07. The summed E-state index contributed by atoms with van der Waals surface area (Å²) in [6.07, 6.45) is 1.43. The molecular weight excluding hydrogens is 350 g/mol. The maximum Gasteiger partial charge on any atom is 0.223 e. The van der Waals surface area contributed by atoms with Crippen LogP contribution in [0.5, 0.6) is 5.75 Å². The predicted molar refractivity (Wildman–Crippen MR) is 111 cm³/mol. The molecule has 3 aromatic rings. The monoisotopic (exact) mass is 377 g/mol. The van der Waals surface area contributed by atoms with E-state index >= 15 is 0 Å². The molecule has 1 fully saturated rings. The number of imidazole rings is 1. The van der Waals surface area contributed by atoms with Gasteiger partial charge in [-0.15, -0.1) is 0 Å². The van der Waals surface area contributed by atoms with Gasteiger partial charge in [0.25, 0.3) is 0 Å². The summed E-state index contributed by atoms with van der Waals surface area (Å²) in [5.41, 5.74) is 4.54. The number of hydrogen-bond donors (Lipinski definition) is 0. The molecular formula is C23H27N3O2. The molecule has 4 rings (SSSR count). The van der Waals surface area contributed by atoms with Crippen molar-refractivity contribution in [2.24, 2.45) is 0 Å². The molecule has 28 heavy (non-hydrogen) atoms. The number of carbonyl (C=O) groups excluding carboxylic acids is 1. The number of carbonyl (C=O) groups is 1. The summed E-state index contributed by atoms with van der Waals surface area (Å²) >= 11 is 0. The molecule has 0 N–H and O–H groups in total. The van der Waals surface area contributed by atoms with Gasteiger partial charge in [0.15, 0.2) is 0 Å². The Bertz CT molecular complexity index is 1010. The summed E-state index contributed by atoms with van der Waals surface area (Å²) in [7, 11) is 1.87. The van der Waals surface area contributed by atoms with Crippen molar-refractivity contribution in [3.8, 4) is 5.75 Å². The molecule has 0 aliphatic carbocycles. The Morgan fingerprint density at radius 3 is 2.75 bits per heavy atom. The number of aromatic nitrogens is 2. The Kier molecular flexibility index (Phi) is 5.07. The highest BCUT2D eigenvalue weighted by Gasteiger charge is 2.31. The smallest absolute Gasteiger partial charge is 0.223 e. The van der Waals surface area contributed by atoms with Crippen LogP contribution in [0.4, 0.5) is 0 Å². The first kappa shape index (κ1) is 18.5. The molecule has 1 saturated heterocycles. The summed E-state index contributed by atoms with van der Waals surface area (Å²) in [5, 5.41) is 0. The van der Waals surface area contributed by atoms with Crippen LogP contribution in [0.3, 0.4) is 0 Å². The van der Waals surface area contributed by atoms with Crippen molar-refractivity contribution >= 4 is 16.9 Å². The second-order valence-corrected chi connectivity index (χ2v) is 7.76. The van der Waals surface area contributed by atoms with Crippen LogP contribution in [0.15, 0.2) is 42.5 Å². The third-order valence-electron chi connectivity index (χ3n) is 5.50. The molecule has 2 heterocycles. The Labute approximate surface area is 165 Å². The van der Waals surface area contributed by atoms with Gasteiger partial charge in [0.2, 0.25) is 5.91 Å². The molecule has 0 spiro atoms. The van der Waals surface area contributed by atoms with Crippen LogP contribution in [-0.4, -0.2) is 40.6 Å². The molecule has 1 amide bonds. The fourth-order valence-corrected chi connectivity index (χ4v) is 4.04. The standard InChI is InChI=1S/C23H27N3O2/c1-16-9-10-21(17(2)13-16)28-12-6-11-26-20-8-5-4-7-19(20)24-23(26)18-14-22(27)25(3)15-18/h4-5,7-10,13,18H,6,11-12,14-15H2,1-3H3. The minimum Gasteiger partial charge on any atom is -0.493 e. The van der Waals surface area contributed by atoms with Gasteiger partial charge in [0.05, 0.1) is 17.6 Å². The average molecular weight is 377 g/mol. The summed E-state index contributed by atoms with van der Waals surface area (Å²) in [5.74, 6) is 2.32. The summed E-state index contributed by atoms with van der Waals surface area (Å²) in [4.78, 5) is 18.7. The third-order valence-corrected chi connectivity index (χ3v) is 5.50. The summed E-state index contributed by atoms with van der Waals surface area (Å²) in [6, 6.07) is 14.5. The molecule has 5 heteroatoms. The zero-order valence-corrected chi connectivity index (χ0v) is 16.8. The van der Waals surface area contributed by atoms with Crippen LogP contribution < -0.4 is 4.74 Å². The number of rotatable bonds is 6. The van der Waals surface area contributed by atoms with Crippen molar-refractivity contribution in [1.82, 2.24) is 14.5 Å². The second-order valence-electron chi connectivity index (χ2n) is 7.76. The van der Waals surface area contributed by atoms with Gasteiger partial charge in [0, 0.05) is 32.5 Å². The van der Waals surface area contributed by atoms with Gasteiger partial charge in [-0.25, -0.2) is 4.98 Å². The Hall–Kier alpha value is -2.82. The van der Waals surface area contributed by atoms with E-state index in [1.807, 2.05) is 31.3 Å². The van der Waals surface area contributed by atoms with Gasteiger partial charge >= 0.3 is 0 Å². The number of amides is 1. The number of benzene rings is 2. The zero-order valence-electron chi connectivity index (χ0n) is 16.8. The highest BCUT2D eigenvalue weighted by molar-refractivity contribution is 5.80. The molecule has 1 aromatic heterocycles. The van der Waals surface area contributed by atoms with E-state index in [-0.39, 0.29) is 11.8 Å². The van der Waals surface area contributed by atoms with Gasteiger partial charge in [-0.1, -0.05) is 29.8 Å². The van der Waals surface area contributed by atoms with E-state index in [2.05, 4.69) is 36.6 Å². The highest BCUT2D eigenvalue weighted by Crippen LogP contribution is 2.30. The minimum atomic E-state index is 0.158. The van der Waals surface area contributed by atoms with Crippen LogP contribution >= 0.6 is 0 Å². The van der Waals surface area contributed by atoms with Crippen LogP contribution in [-0.2, 0) is 11.3 Å². The normalized spacial score (nSPS) is 16.9. The van der Waals surface area contributed by atoms with Gasteiger partial charge in [-0.3, -0.25) is 4.79 Å². The number of hydrogen-bond acceptors (Lipinski definition) is 3. The van der Waals surface area contributed by atoms with Crippen LogP contribution in [0.1, 0.15) is 35.7 Å². The molecule has 2 aromatic carbocycles. The van der Waals surface area contributed by atoms with Gasteiger partial charge in [-0.2, -0.15) is 0 Å². The maximum absolute atomic E-state index is 12.0. The minimum absolute atomic E-state index is 0.158. The molecule has 0 bridgehead atoms. The molecule has 1 atom stereocenters. The lowest BCUT2D eigenvalue weighted by atomic mass is 10.1. The van der Waals surface area contributed by atoms with Gasteiger partial charge in [-0.05, 0) is 44.0 Å². The first-order valence-corrected chi connectivity index (χ1v) is 9.92. The first-order chi connectivity index (χ1) is 13.5. The van der Waals surface area contributed by atoms with Gasteiger partial charge < -0.3 is 14.2 Å². The number of ether oxygens (including phenoxy) is 1. The van der Waals surface area contributed by atoms with E-state index in [0.717, 1.165) is 42.1 Å². The van der Waals surface area contributed by atoms with Crippen molar-refractivity contribution in [1.29, 1.82) is 0 Å². The lowest BCUT2D eigenvalue weighted by molar-refractivity contribution is -0.126. The molecule has 0 saturated carbocycles. The fraction of sp³-hybridized carbons (Fsp3) is 0.391. The summed E-state index contributed by atoms with van der Waals surface area (Å²) < 4.78 is 8.28. The summed E-state index contributed by atoms with van der Waals surface area (Å²) in [6.45, 7) is 6.39. The van der Waals surface area contributed by atoms with E-state index < -0.39 is 0 Å². The maximum atomic E-state index is 12.0. The molecule has 1 aliphatic heterocycles. The molecule has 146 valence electrons. The second kappa shape index (κ2) is 7.66. The number of aryl methyl sites for hydroxylation is 3. The van der Waals surface area contributed by atoms with E-state index in [1.165, 1.54) is 11.1 Å². The van der Waals surface area contributed by atoms with Crippen LogP contribution in [0.2, 0.25) is 0 Å². The number of likely N-dealkylation sites (tertiary alicyclic amines) is 1. The van der Waals surface area contributed by atoms with E-state index in [9.17, 15) is 4.79 Å². The lowest BCUT2D eigenvalue weighted by Gasteiger charge is -2.15. The number of likely N-dealkylation sites (N-methyl/N-ethyl adjacent to an activating group) is 1. The fourth-order valence-electron chi connectivity index (χ4n) is 4.04. The highest BCUT2D eigenvalue weighted by atomic mass is 16.5. The number of para-hydroxylation sites is 2. The Morgan fingerprint density at radius 1 is 1.18 bits per heavy atom. The quantitative estimate of drug-likeness (QED) is 0.609. The molecule has 0 radical (unpaired) electrons. The van der Waals surface area contributed by atoms with Crippen LogP contribution in [0.25, 0.3) is 11.0 Å². The van der Waals surface area contributed by atoms with E-state index in [0.29, 0.717) is 13.0 Å². The van der Waals surface area contributed by atoms with Crippen molar-refractivity contribution < 1.29 is 9.53 Å². The van der Waals surface area contributed by atoms with E-state index in [1.54, 1.807) is 4.90 Å². The topological polar surface area (TPSA) is 47.4 Å². The number of nitrogens with zero attached hydrogens (tertiary/aromatic N) is 3. The Morgan fingerprint density at radius 2 is 2.00 bits per heavy atom. The number of fused-ring (bicyclic) bond motifs is 1. The molecule has 1 unspecified atom stereocenters. The van der Waals surface area contributed by atoms with Gasteiger partial charge in [0.1, 0.15) is 11.6 Å². The molecule has 1 aliphatic rings. The average Bonchev–Trinajstić information content (AvgIpc) is 3.20. The van der Waals surface area contributed by atoms with Crippen molar-refractivity contribution in [2.75, 3.05) is 20.2 Å². The van der Waals surface area contributed by atoms with Crippen molar-refractivity contribution in [3.05, 3.63) is 59.4 Å².